The number of aryl methyl sites for hydroxylation is 2. The molecule has 0 aliphatic rings. The summed E-state index contributed by atoms with van der Waals surface area (Å²) in [5, 5.41) is 3.52. The van der Waals surface area contributed by atoms with Crippen LogP contribution in [0.25, 0.3) is 0 Å². The van der Waals surface area contributed by atoms with Crippen molar-refractivity contribution in [2.75, 3.05) is 6.54 Å². The van der Waals surface area contributed by atoms with Crippen molar-refractivity contribution in [1.29, 1.82) is 0 Å². The smallest absolute Gasteiger partial charge is 0.0193 e. The van der Waals surface area contributed by atoms with Crippen molar-refractivity contribution in [3.05, 3.63) is 24.0 Å². The summed E-state index contributed by atoms with van der Waals surface area (Å²) in [6, 6.07) is 5.00. The van der Waals surface area contributed by atoms with Gasteiger partial charge in [-0.1, -0.05) is 6.92 Å². The molecule has 0 aliphatic carbocycles. The van der Waals surface area contributed by atoms with Gasteiger partial charge in [0, 0.05) is 24.5 Å². The highest BCUT2D eigenvalue weighted by molar-refractivity contribution is 5.07. The minimum Gasteiger partial charge on any atom is -0.352 e. The Bertz CT molecular complexity index is 265. The average molecular weight is 208 g/mol. The molecule has 0 aliphatic heterocycles. The van der Waals surface area contributed by atoms with E-state index in [9.17, 15) is 0 Å². The lowest BCUT2D eigenvalue weighted by Crippen LogP contribution is -2.27. The monoisotopic (exact) mass is 208 g/mol. The van der Waals surface area contributed by atoms with Gasteiger partial charge in [-0.15, -0.1) is 0 Å². The third kappa shape index (κ3) is 4.08. The van der Waals surface area contributed by atoms with E-state index in [2.05, 4.69) is 49.0 Å². The van der Waals surface area contributed by atoms with Gasteiger partial charge in [0.25, 0.3) is 0 Å². The second kappa shape index (κ2) is 6.67. The highest BCUT2D eigenvalue weighted by Crippen LogP contribution is 2.07. The van der Waals surface area contributed by atoms with Gasteiger partial charge in [-0.05, 0) is 51.8 Å². The molecule has 1 atom stereocenters. The summed E-state index contributed by atoms with van der Waals surface area (Å²) in [4.78, 5) is 0. The van der Waals surface area contributed by atoms with Crippen LogP contribution < -0.4 is 5.32 Å². The lowest BCUT2D eigenvalue weighted by molar-refractivity contribution is 0.506. The van der Waals surface area contributed by atoms with Crippen molar-refractivity contribution >= 4 is 0 Å². The zero-order valence-corrected chi connectivity index (χ0v) is 10.3. The minimum atomic E-state index is 0.630. The Morgan fingerprint density at radius 1 is 1.40 bits per heavy atom. The Kier molecular flexibility index (Phi) is 5.48. The summed E-state index contributed by atoms with van der Waals surface area (Å²) < 4.78 is 2.33. The number of nitrogens with zero attached hydrogens (tertiary/aromatic N) is 1. The molecule has 1 rings (SSSR count). The fraction of sp³-hybridized carbons (Fsp3) is 0.692. The zero-order chi connectivity index (χ0) is 11.1. The molecule has 0 radical (unpaired) electrons. The van der Waals surface area contributed by atoms with E-state index in [-0.39, 0.29) is 0 Å². The Hall–Kier alpha value is -0.760. The van der Waals surface area contributed by atoms with E-state index in [0.717, 1.165) is 13.1 Å². The highest BCUT2D eigenvalue weighted by Gasteiger charge is 2.03. The molecule has 0 bridgehead atoms. The first kappa shape index (κ1) is 12.3. The van der Waals surface area contributed by atoms with E-state index in [1.165, 1.54) is 25.0 Å². The van der Waals surface area contributed by atoms with Crippen LogP contribution >= 0.6 is 0 Å². The SMILES string of the molecule is CCCNC(C)CCc1cccn1CC. The van der Waals surface area contributed by atoms with Crippen LogP contribution in [0.4, 0.5) is 0 Å². The van der Waals surface area contributed by atoms with Gasteiger partial charge >= 0.3 is 0 Å². The predicted octanol–water partition coefficient (Wildman–Crippen LogP) is 2.83. The fourth-order valence-corrected chi connectivity index (χ4v) is 1.84. The molecule has 1 aromatic heterocycles. The van der Waals surface area contributed by atoms with Crippen molar-refractivity contribution in [2.24, 2.45) is 0 Å². The van der Waals surface area contributed by atoms with Crippen LogP contribution in [0.3, 0.4) is 0 Å². The van der Waals surface area contributed by atoms with Crippen molar-refractivity contribution in [3.63, 3.8) is 0 Å². The molecule has 1 unspecified atom stereocenters. The standard InChI is InChI=1S/C13H24N2/c1-4-10-14-12(3)8-9-13-7-6-11-15(13)5-2/h6-7,11-12,14H,4-5,8-10H2,1-3H3. The molecule has 86 valence electrons. The Morgan fingerprint density at radius 2 is 2.20 bits per heavy atom. The molecule has 1 N–H and O–H groups in total. The number of hydrogen-bond acceptors (Lipinski definition) is 1. The summed E-state index contributed by atoms with van der Waals surface area (Å²) >= 11 is 0. The molecule has 0 aromatic carbocycles. The summed E-state index contributed by atoms with van der Waals surface area (Å²) in [5.41, 5.74) is 1.46. The highest BCUT2D eigenvalue weighted by atomic mass is 15.0. The predicted molar refractivity (Wildman–Crippen MR) is 66.2 cm³/mol. The lowest BCUT2D eigenvalue weighted by Gasteiger charge is -2.13. The molecule has 1 heterocycles. The molecule has 2 nitrogen and oxygen atoms in total. The van der Waals surface area contributed by atoms with Gasteiger partial charge < -0.3 is 9.88 Å². The second-order valence-corrected chi connectivity index (χ2v) is 4.18. The first-order valence-electron chi connectivity index (χ1n) is 6.15. The van der Waals surface area contributed by atoms with Gasteiger partial charge in [-0.3, -0.25) is 0 Å². The fourth-order valence-electron chi connectivity index (χ4n) is 1.84. The van der Waals surface area contributed by atoms with Gasteiger partial charge in [0.2, 0.25) is 0 Å². The number of rotatable bonds is 7. The molecule has 0 saturated carbocycles. The maximum absolute atomic E-state index is 3.52. The quantitative estimate of drug-likeness (QED) is 0.729. The third-order valence-corrected chi connectivity index (χ3v) is 2.84. The minimum absolute atomic E-state index is 0.630. The van der Waals surface area contributed by atoms with Crippen LogP contribution in [0.1, 0.15) is 39.3 Å². The van der Waals surface area contributed by atoms with E-state index >= 15 is 0 Å². The molecule has 0 saturated heterocycles. The third-order valence-electron chi connectivity index (χ3n) is 2.84. The first-order valence-corrected chi connectivity index (χ1v) is 6.15. The molecule has 0 fully saturated rings. The maximum atomic E-state index is 3.52. The number of hydrogen-bond donors (Lipinski definition) is 1. The van der Waals surface area contributed by atoms with Crippen molar-refractivity contribution in [1.82, 2.24) is 9.88 Å². The van der Waals surface area contributed by atoms with Crippen molar-refractivity contribution in [3.8, 4) is 0 Å². The topological polar surface area (TPSA) is 17.0 Å². The Morgan fingerprint density at radius 3 is 2.87 bits per heavy atom. The average Bonchev–Trinajstić information content (AvgIpc) is 2.70. The van der Waals surface area contributed by atoms with E-state index in [1.807, 2.05) is 0 Å². The van der Waals surface area contributed by atoms with Crippen LogP contribution in [0.15, 0.2) is 18.3 Å². The van der Waals surface area contributed by atoms with Gasteiger partial charge in [-0.2, -0.15) is 0 Å². The zero-order valence-electron chi connectivity index (χ0n) is 10.3. The Balaban J connectivity index is 2.30. The van der Waals surface area contributed by atoms with Crippen molar-refractivity contribution < 1.29 is 0 Å². The largest absolute Gasteiger partial charge is 0.352 e. The molecule has 0 amide bonds. The molecule has 15 heavy (non-hydrogen) atoms. The number of nitrogens with one attached hydrogen (secondary N) is 1. The summed E-state index contributed by atoms with van der Waals surface area (Å²) in [6.07, 6.45) is 5.79. The van der Waals surface area contributed by atoms with Crippen LogP contribution in [0.2, 0.25) is 0 Å². The van der Waals surface area contributed by atoms with Crippen LogP contribution in [0.5, 0.6) is 0 Å². The maximum Gasteiger partial charge on any atom is 0.0193 e. The number of aromatic nitrogens is 1. The van der Waals surface area contributed by atoms with E-state index in [1.54, 1.807) is 0 Å². The molecule has 2 heteroatoms. The van der Waals surface area contributed by atoms with Crippen LogP contribution in [0, 0.1) is 0 Å². The second-order valence-electron chi connectivity index (χ2n) is 4.18. The summed E-state index contributed by atoms with van der Waals surface area (Å²) in [6.45, 7) is 8.90. The van der Waals surface area contributed by atoms with Crippen LogP contribution in [-0.2, 0) is 13.0 Å². The summed E-state index contributed by atoms with van der Waals surface area (Å²) in [7, 11) is 0. The molecule has 0 spiro atoms. The van der Waals surface area contributed by atoms with Gasteiger partial charge in [0.15, 0.2) is 0 Å². The van der Waals surface area contributed by atoms with E-state index in [4.69, 9.17) is 0 Å². The van der Waals surface area contributed by atoms with E-state index < -0.39 is 0 Å². The van der Waals surface area contributed by atoms with Gasteiger partial charge in [-0.25, -0.2) is 0 Å². The summed E-state index contributed by atoms with van der Waals surface area (Å²) in [5.74, 6) is 0. The molecular weight excluding hydrogens is 184 g/mol. The van der Waals surface area contributed by atoms with Gasteiger partial charge in [0.1, 0.15) is 0 Å². The first-order chi connectivity index (χ1) is 7.27. The molecular formula is C13H24N2. The normalized spacial score (nSPS) is 13.0. The van der Waals surface area contributed by atoms with Gasteiger partial charge in [0.05, 0.1) is 0 Å². The molecule has 1 aromatic rings. The van der Waals surface area contributed by atoms with Crippen LogP contribution in [-0.4, -0.2) is 17.2 Å². The Labute approximate surface area is 93.7 Å². The van der Waals surface area contributed by atoms with Crippen molar-refractivity contribution in [2.45, 2.75) is 52.6 Å². The lowest BCUT2D eigenvalue weighted by atomic mass is 10.1. The van der Waals surface area contributed by atoms with E-state index in [0.29, 0.717) is 6.04 Å².